The highest BCUT2D eigenvalue weighted by atomic mass is 32.2. The standard InChI is InChI=1S/C14H18N2O5S/c1-9-13(10-6-4-5-7-11(10)16(9)2)22(19,20)15-8-12(17)14(18)21-3/h4-7,12,15,17H,8H2,1-3H3. The van der Waals surface area contributed by atoms with Gasteiger partial charge in [-0.15, -0.1) is 0 Å². The Labute approximate surface area is 128 Å². The molecular formula is C14H18N2O5S. The van der Waals surface area contributed by atoms with Gasteiger partial charge in [0.2, 0.25) is 10.0 Å². The average Bonchev–Trinajstić information content (AvgIpc) is 2.76. The van der Waals surface area contributed by atoms with Crippen LogP contribution in [0.2, 0.25) is 0 Å². The number of benzene rings is 1. The number of methoxy groups -OCH3 is 1. The van der Waals surface area contributed by atoms with Crippen molar-refractivity contribution >= 4 is 26.9 Å². The van der Waals surface area contributed by atoms with Crippen LogP contribution >= 0.6 is 0 Å². The minimum Gasteiger partial charge on any atom is -0.467 e. The molecule has 120 valence electrons. The summed E-state index contributed by atoms with van der Waals surface area (Å²) in [7, 11) is -0.974. The molecule has 1 heterocycles. The number of hydrogen-bond donors (Lipinski definition) is 2. The first kappa shape index (κ1) is 16.5. The highest BCUT2D eigenvalue weighted by Gasteiger charge is 2.26. The monoisotopic (exact) mass is 326 g/mol. The Morgan fingerprint density at radius 2 is 2.05 bits per heavy atom. The summed E-state index contributed by atoms with van der Waals surface area (Å²) in [5.41, 5.74) is 1.36. The molecule has 1 aromatic heterocycles. The number of para-hydroxylation sites is 1. The molecule has 7 nitrogen and oxygen atoms in total. The van der Waals surface area contributed by atoms with E-state index in [1.807, 2.05) is 12.1 Å². The van der Waals surface area contributed by atoms with Crippen molar-refractivity contribution in [1.29, 1.82) is 0 Å². The van der Waals surface area contributed by atoms with Gasteiger partial charge in [-0.05, 0) is 13.0 Å². The predicted molar refractivity (Wildman–Crippen MR) is 80.9 cm³/mol. The van der Waals surface area contributed by atoms with Crippen LogP contribution in [0.5, 0.6) is 0 Å². The maximum absolute atomic E-state index is 12.5. The number of aromatic nitrogens is 1. The van der Waals surface area contributed by atoms with Crippen LogP contribution in [0, 0.1) is 6.92 Å². The summed E-state index contributed by atoms with van der Waals surface area (Å²) < 4.78 is 33.4. The van der Waals surface area contributed by atoms with E-state index in [9.17, 15) is 18.3 Å². The van der Waals surface area contributed by atoms with Crippen molar-refractivity contribution < 1.29 is 23.1 Å². The van der Waals surface area contributed by atoms with Gasteiger partial charge in [0.1, 0.15) is 4.90 Å². The summed E-state index contributed by atoms with van der Waals surface area (Å²) in [5, 5.41) is 10.1. The van der Waals surface area contributed by atoms with Crippen molar-refractivity contribution in [2.24, 2.45) is 7.05 Å². The molecule has 0 spiro atoms. The molecule has 2 N–H and O–H groups in total. The largest absolute Gasteiger partial charge is 0.467 e. The number of nitrogens with zero attached hydrogens (tertiary/aromatic N) is 1. The lowest BCUT2D eigenvalue weighted by Crippen LogP contribution is -2.37. The van der Waals surface area contributed by atoms with Gasteiger partial charge in [-0.3, -0.25) is 0 Å². The summed E-state index contributed by atoms with van der Waals surface area (Å²) in [6.45, 7) is 1.25. The smallest absolute Gasteiger partial charge is 0.336 e. The lowest BCUT2D eigenvalue weighted by molar-refractivity contribution is -0.149. The molecule has 1 aromatic carbocycles. The molecule has 0 aliphatic heterocycles. The van der Waals surface area contributed by atoms with Crippen LogP contribution in [0.25, 0.3) is 10.9 Å². The molecule has 0 amide bonds. The average molecular weight is 326 g/mol. The fraction of sp³-hybridized carbons (Fsp3) is 0.357. The Morgan fingerprint density at radius 3 is 2.68 bits per heavy atom. The molecule has 0 radical (unpaired) electrons. The second kappa shape index (κ2) is 6.07. The molecule has 2 rings (SSSR count). The molecule has 22 heavy (non-hydrogen) atoms. The zero-order chi connectivity index (χ0) is 16.5. The highest BCUT2D eigenvalue weighted by Crippen LogP contribution is 2.28. The maximum atomic E-state index is 12.5. The quantitative estimate of drug-likeness (QED) is 0.770. The van der Waals surface area contributed by atoms with Crippen LogP contribution in [0.3, 0.4) is 0 Å². The molecule has 2 aromatic rings. The van der Waals surface area contributed by atoms with Crippen molar-refractivity contribution in [3.63, 3.8) is 0 Å². The maximum Gasteiger partial charge on any atom is 0.336 e. The van der Waals surface area contributed by atoms with Crippen molar-refractivity contribution in [1.82, 2.24) is 9.29 Å². The van der Waals surface area contributed by atoms with Gasteiger partial charge in [-0.1, -0.05) is 18.2 Å². The van der Waals surface area contributed by atoms with Gasteiger partial charge in [0.05, 0.1) is 7.11 Å². The third kappa shape index (κ3) is 2.85. The number of sulfonamides is 1. The number of hydrogen-bond acceptors (Lipinski definition) is 5. The molecule has 0 aliphatic rings. The number of fused-ring (bicyclic) bond motifs is 1. The van der Waals surface area contributed by atoms with Crippen LogP contribution in [0.1, 0.15) is 5.69 Å². The van der Waals surface area contributed by atoms with E-state index in [0.717, 1.165) is 12.6 Å². The van der Waals surface area contributed by atoms with E-state index >= 15 is 0 Å². The van der Waals surface area contributed by atoms with Gasteiger partial charge < -0.3 is 14.4 Å². The van der Waals surface area contributed by atoms with Gasteiger partial charge in [0.15, 0.2) is 6.10 Å². The summed E-state index contributed by atoms with van der Waals surface area (Å²) in [5.74, 6) is -0.891. The molecule has 1 atom stereocenters. The number of aliphatic hydroxyl groups excluding tert-OH is 1. The fourth-order valence-corrected chi connectivity index (χ4v) is 3.81. The van der Waals surface area contributed by atoms with Gasteiger partial charge in [-0.25, -0.2) is 17.9 Å². The SMILES string of the molecule is COC(=O)C(O)CNS(=O)(=O)c1c(C)n(C)c2ccccc12. The predicted octanol–water partition coefficient (Wildman–Crippen LogP) is 0.299. The van der Waals surface area contributed by atoms with Gasteiger partial charge in [-0.2, -0.15) is 0 Å². The Kier molecular flexibility index (Phi) is 4.55. The van der Waals surface area contributed by atoms with Crippen LogP contribution in [-0.4, -0.2) is 43.8 Å². The van der Waals surface area contributed by atoms with Gasteiger partial charge >= 0.3 is 5.97 Å². The molecule has 0 aliphatic carbocycles. The molecule has 0 fully saturated rings. The van der Waals surface area contributed by atoms with Crippen molar-refractivity contribution in [2.45, 2.75) is 17.9 Å². The Balaban J connectivity index is 2.39. The number of carbonyl (C=O) groups is 1. The van der Waals surface area contributed by atoms with Crippen molar-refractivity contribution in [2.75, 3.05) is 13.7 Å². The molecule has 0 saturated heterocycles. The number of rotatable bonds is 5. The summed E-state index contributed by atoms with van der Waals surface area (Å²) in [6, 6.07) is 7.12. The normalized spacial score (nSPS) is 13.3. The van der Waals surface area contributed by atoms with Crippen molar-refractivity contribution in [3.05, 3.63) is 30.0 Å². The summed E-state index contributed by atoms with van der Waals surface area (Å²) in [6.07, 6.45) is -1.55. The van der Waals surface area contributed by atoms with E-state index < -0.39 is 28.6 Å². The Morgan fingerprint density at radius 1 is 1.41 bits per heavy atom. The Hall–Kier alpha value is -1.90. The van der Waals surface area contributed by atoms with E-state index in [-0.39, 0.29) is 4.90 Å². The highest BCUT2D eigenvalue weighted by molar-refractivity contribution is 7.89. The first-order valence-corrected chi connectivity index (χ1v) is 8.07. The lowest BCUT2D eigenvalue weighted by Gasteiger charge is -2.11. The second-order valence-electron chi connectivity index (χ2n) is 4.88. The molecule has 0 bridgehead atoms. The van der Waals surface area contributed by atoms with E-state index in [4.69, 9.17) is 0 Å². The van der Waals surface area contributed by atoms with Crippen LogP contribution < -0.4 is 4.72 Å². The first-order valence-electron chi connectivity index (χ1n) is 6.59. The third-order valence-corrected chi connectivity index (χ3v) is 5.15. The van der Waals surface area contributed by atoms with Crippen LogP contribution in [0.4, 0.5) is 0 Å². The Bertz CT molecular complexity index is 810. The number of aliphatic hydroxyl groups is 1. The zero-order valence-corrected chi connectivity index (χ0v) is 13.3. The zero-order valence-electron chi connectivity index (χ0n) is 12.5. The van der Waals surface area contributed by atoms with Crippen molar-refractivity contribution in [3.8, 4) is 0 Å². The van der Waals surface area contributed by atoms with Crippen LogP contribution in [-0.2, 0) is 26.6 Å². The molecule has 0 saturated carbocycles. The summed E-state index contributed by atoms with van der Waals surface area (Å²) >= 11 is 0. The van der Waals surface area contributed by atoms with E-state index in [1.54, 1.807) is 30.7 Å². The fourth-order valence-electron chi connectivity index (χ4n) is 2.31. The molecular weight excluding hydrogens is 308 g/mol. The number of aryl methyl sites for hydroxylation is 1. The minimum atomic E-state index is -3.87. The van der Waals surface area contributed by atoms with Crippen LogP contribution in [0.15, 0.2) is 29.2 Å². The molecule has 1 unspecified atom stereocenters. The van der Waals surface area contributed by atoms with Gasteiger partial charge in [0.25, 0.3) is 0 Å². The van der Waals surface area contributed by atoms with E-state index in [2.05, 4.69) is 9.46 Å². The number of esters is 1. The summed E-state index contributed by atoms with van der Waals surface area (Å²) in [4.78, 5) is 11.3. The third-order valence-electron chi connectivity index (χ3n) is 3.55. The van der Waals surface area contributed by atoms with E-state index in [1.165, 1.54) is 0 Å². The minimum absolute atomic E-state index is 0.141. The number of nitrogens with one attached hydrogen (secondary N) is 1. The lowest BCUT2D eigenvalue weighted by atomic mass is 10.2. The first-order chi connectivity index (χ1) is 10.3. The topological polar surface area (TPSA) is 97.6 Å². The number of carbonyl (C=O) groups excluding carboxylic acids is 1. The second-order valence-corrected chi connectivity index (χ2v) is 6.59. The van der Waals surface area contributed by atoms with E-state index in [0.29, 0.717) is 11.1 Å². The van der Waals surface area contributed by atoms with Gasteiger partial charge in [0, 0.05) is 30.2 Å². The molecule has 8 heteroatoms. The number of ether oxygens (including phenoxy) is 1.